The quantitative estimate of drug-likeness (QED) is 0.807. The summed E-state index contributed by atoms with van der Waals surface area (Å²) < 4.78 is 0. The molecule has 1 atom stereocenters. The molecule has 0 radical (unpaired) electrons. The standard InChI is InChI=1S/C17H16N2O2/c20-16-10-15(9-13-5-2-1-3-6-13)17(21)19(16)12-14-7-4-8-18-11-14/h1-8,11,15H,9-10,12H2. The number of amides is 2. The summed E-state index contributed by atoms with van der Waals surface area (Å²) >= 11 is 0. The van der Waals surface area contributed by atoms with E-state index in [2.05, 4.69) is 4.98 Å². The van der Waals surface area contributed by atoms with Gasteiger partial charge < -0.3 is 0 Å². The van der Waals surface area contributed by atoms with Crippen LogP contribution in [-0.2, 0) is 22.6 Å². The maximum Gasteiger partial charge on any atom is 0.233 e. The molecular weight excluding hydrogens is 264 g/mol. The number of nitrogens with zero attached hydrogens (tertiary/aromatic N) is 2. The predicted molar refractivity (Wildman–Crippen MR) is 78.0 cm³/mol. The number of likely N-dealkylation sites (tertiary alicyclic amines) is 1. The van der Waals surface area contributed by atoms with Crippen LogP contribution in [0.5, 0.6) is 0 Å². The van der Waals surface area contributed by atoms with Crippen LogP contribution in [0.2, 0.25) is 0 Å². The molecule has 106 valence electrons. The van der Waals surface area contributed by atoms with Crippen LogP contribution >= 0.6 is 0 Å². The van der Waals surface area contributed by atoms with Gasteiger partial charge in [-0.1, -0.05) is 36.4 Å². The van der Waals surface area contributed by atoms with Gasteiger partial charge in [0.05, 0.1) is 12.5 Å². The highest BCUT2D eigenvalue weighted by Crippen LogP contribution is 2.25. The van der Waals surface area contributed by atoms with Crippen LogP contribution in [0, 0.1) is 5.92 Å². The van der Waals surface area contributed by atoms with E-state index >= 15 is 0 Å². The SMILES string of the molecule is O=C1CC(Cc2ccccc2)C(=O)N1Cc1cccnc1. The molecule has 0 N–H and O–H groups in total. The van der Waals surface area contributed by atoms with Crippen LogP contribution < -0.4 is 0 Å². The Hall–Kier alpha value is -2.49. The van der Waals surface area contributed by atoms with Crippen LogP contribution in [0.4, 0.5) is 0 Å². The molecule has 0 saturated carbocycles. The van der Waals surface area contributed by atoms with Crippen LogP contribution in [0.25, 0.3) is 0 Å². The number of carbonyl (C=O) groups excluding carboxylic acids is 2. The Morgan fingerprint density at radius 2 is 1.81 bits per heavy atom. The van der Waals surface area contributed by atoms with Crippen molar-refractivity contribution in [3.63, 3.8) is 0 Å². The van der Waals surface area contributed by atoms with Gasteiger partial charge in [0.2, 0.25) is 11.8 Å². The average Bonchev–Trinajstić information content (AvgIpc) is 2.77. The van der Waals surface area contributed by atoms with Crippen molar-refractivity contribution < 1.29 is 9.59 Å². The molecule has 1 fully saturated rings. The molecule has 1 aliphatic rings. The molecule has 2 heterocycles. The lowest BCUT2D eigenvalue weighted by molar-refractivity contribution is -0.140. The fraction of sp³-hybridized carbons (Fsp3) is 0.235. The van der Waals surface area contributed by atoms with Gasteiger partial charge in [-0.05, 0) is 23.6 Å². The highest BCUT2D eigenvalue weighted by atomic mass is 16.2. The van der Waals surface area contributed by atoms with E-state index in [1.165, 1.54) is 4.90 Å². The second-order valence-corrected chi connectivity index (χ2v) is 5.27. The Bertz CT molecular complexity index is 640. The topological polar surface area (TPSA) is 50.3 Å². The van der Waals surface area contributed by atoms with Crippen molar-refractivity contribution >= 4 is 11.8 Å². The number of pyridine rings is 1. The van der Waals surface area contributed by atoms with Gasteiger partial charge in [-0.25, -0.2) is 0 Å². The molecule has 2 aromatic rings. The van der Waals surface area contributed by atoms with Crippen molar-refractivity contribution in [3.05, 3.63) is 66.0 Å². The smallest absolute Gasteiger partial charge is 0.233 e. The Kier molecular flexibility index (Phi) is 3.77. The number of hydrogen-bond donors (Lipinski definition) is 0. The first-order valence-electron chi connectivity index (χ1n) is 7.01. The molecule has 1 aromatic heterocycles. The Labute approximate surface area is 123 Å². The summed E-state index contributed by atoms with van der Waals surface area (Å²) in [6.07, 6.45) is 4.28. The normalized spacial score (nSPS) is 18.3. The van der Waals surface area contributed by atoms with Crippen molar-refractivity contribution in [1.82, 2.24) is 9.88 Å². The summed E-state index contributed by atoms with van der Waals surface area (Å²) in [6.45, 7) is 0.316. The fourth-order valence-electron chi connectivity index (χ4n) is 2.65. The first-order valence-corrected chi connectivity index (χ1v) is 7.01. The van der Waals surface area contributed by atoms with Crippen LogP contribution in [0.1, 0.15) is 17.5 Å². The molecule has 1 saturated heterocycles. The van der Waals surface area contributed by atoms with Crippen molar-refractivity contribution in [2.75, 3.05) is 0 Å². The van der Waals surface area contributed by atoms with Crippen LogP contribution in [-0.4, -0.2) is 21.7 Å². The van der Waals surface area contributed by atoms with E-state index < -0.39 is 0 Å². The minimum Gasteiger partial charge on any atom is -0.278 e. The van der Waals surface area contributed by atoms with E-state index in [0.717, 1.165) is 11.1 Å². The van der Waals surface area contributed by atoms with Gasteiger partial charge in [0, 0.05) is 18.8 Å². The predicted octanol–water partition coefficient (Wildman–Crippen LogP) is 2.20. The summed E-state index contributed by atoms with van der Waals surface area (Å²) in [7, 11) is 0. The largest absolute Gasteiger partial charge is 0.278 e. The summed E-state index contributed by atoms with van der Waals surface area (Å²) in [5.41, 5.74) is 1.96. The zero-order valence-corrected chi connectivity index (χ0v) is 11.6. The molecule has 21 heavy (non-hydrogen) atoms. The van der Waals surface area contributed by atoms with Gasteiger partial charge >= 0.3 is 0 Å². The number of imide groups is 1. The van der Waals surface area contributed by atoms with E-state index in [1.54, 1.807) is 12.4 Å². The molecule has 0 bridgehead atoms. The Morgan fingerprint density at radius 3 is 2.52 bits per heavy atom. The van der Waals surface area contributed by atoms with E-state index in [9.17, 15) is 9.59 Å². The zero-order chi connectivity index (χ0) is 14.7. The third-order valence-corrected chi connectivity index (χ3v) is 3.73. The molecule has 2 amide bonds. The summed E-state index contributed by atoms with van der Waals surface area (Å²) in [5, 5.41) is 0. The minimum atomic E-state index is -0.239. The van der Waals surface area contributed by atoms with Gasteiger partial charge in [0.1, 0.15) is 0 Å². The average molecular weight is 280 g/mol. The van der Waals surface area contributed by atoms with Gasteiger partial charge in [-0.3, -0.25) is 19.5 Å². The third kappa shape index (κ3) is 2.99. The molecule has 1 aliphatic heterocycles. The number of carbonyl (C=O) groups is 2. The lowest BCUT2D eigenvalue weighted by atomic mass is 9.98. The molecule has 0 aliphatic carbocycles. The second-order valence-electron chi connectivity index (χ2n) is 5.27. The van der Waals surface area contributed by atoms with Crippen molar-refractivity contribution in [2.45, 2.75) is 19.4 Å². The van der Waals surface area contributed by atoms with Crippen LogP contribution in [0.3, 0.4) is 0 Å². The monoisotopic (exact) mass is 280 g/mol. The van der Waals surface area contributed by atoms with E-state index in [4.69, 9.17) is 0 Å². The van der Waals surface area contributed by atoms with Gasteiger partial charge in [0.25, 0.3) is 0 Å². The Morgan fingerprint density at radius 1 is 1.05 bits per heavy atom. The molecule has 1 aromatic carbocycles. The molecular formula is C17H16N2O2. The number of benzene rings is 1. The van der Waals surface area contributed by atoms with Crippen LogP contribution in [0.15, 0.2) is 54.9 Å². The lowest BCUT2D eigenvalue weighted by Gasteiger charge is -2.14. The van der Waals surface area contributed by atoms with Gasteiger partial charge in [0.15, 0.2) is 0 Å². The van der Waals surface area contributed by atoms with Crippen molar-refractivity contribution in [2.24, 2.45) is 5.92 Å². The van der Waals surface area contributed by atoms with Gasteiger partial charge in [-0.15, -0.1) is 0 Å². The van der Waals surface area contributed by atoms with Crippen molar-refractivity contribution in [1.29, 1.82) is 0 Å². The van der Waals surface area contributed by atoms with E-state index in [1.807, 2.05) is 42.5 Å². The number of hydrogen-bond acceptors (Lipinski definition) is 3. The summed E-state index contributed by atoms with van der Waals surface area (Å²) in [4.78, 5) is 29.8. The molecule has 3 rings (SSSR count). The maximum atomic E-state index is 12.4. The third-order valence-electron chi connectivity index (χ3n) is 3.73. The summed E-state index contributed by atoms with van der Waals surface area (Å²) in [5.74, 6) is -0.408. The molecule has 1 unspecified atom stereocenters. The molecule has 4 nitrogen and oxygen atoms in total. The second kappa shape index (κ2) is 5.87. The van der Waals surface area contributed by atoms with E-state index in [0.29, 0.717) is 19.4 Å². The number of aromatic nitrogens is 1. The van der Waals surface area contributed by atoms with Gasteiger partial charge in [-0.2, -0.15) is 0 Å². The summed E-state index contributed by atoms with van der Waals surface area (Å²) in [6, 6.07) is 13.5. The maximum absolute atomic E-state index is 12.4. The Balaban J connectivity index is 1.70. The van der Waals surface area contributed by atoms with Crippen molar-refractivity contribution in [3.8, 4) is 0 Å². The molecule has 0 spiro atoms. The minimum absolute atomic E-state index is 0.0762. The lowest BCUT2D eigenvalue weighted by Crippen LogP contribution is -2.30. The highest BCUT2D eigenvalue weighted by molar-refractivity contribution is 6.03. The molecule has 4 heteroatoms. The first-order chi connectivity index (χ1) is 10.2. The van der Waals surface area contributed by atoms with E-state index in [-0.39, 0.29) is 17.7 Å². The highest BCUT2D eigenvalue weighted by Gasteiger charge is 2.38. The first kappa shape index (κ1) is 13.5. The fourth-order valence-corrected chi connectivity index (χ4v) is 2.65. The zero-order valence-electron chi connectivity index (χ0n) is 11.6. The number of rotatable bonds is 4.